The molecule has 0 amide bonds. The number of hydrogen-bond donors (Lipinski definition) is 0. The molecule has 14 heavy (non-hydrogen) atoms. The van der Waals surface area contributed by atoms with Crippen LogP contribution in [0.25, 0.3) is 0 Å². The van der Waals surface area contributed by atoms with E-state index in [1.807, 2.05) is 0 Å². The monoisotopic (exact) mass is 212 g/mol. The summed E-state index contributed by atoms with van der Waals surface area (Å²) in [6.45, 7) is 0. The third-order valence-corrected chi connectivity index (χ3v) is 2.97. The Labute approximate surface area is 86.9 Å². The molecule has 0 aliphatic heterocycles. The van der Waals surface area contributed by atoms with Crippen molar-refractivity contribution in [2.45, 2.75) is 25.2 Å². The van der Waals surface area contributed by atoms with Crippen LogP contribution in [0.5, 0.6) is 0 Å². The zero-order chi connectivity index (χ0) is 10.1. The van der Waals surface area contributed by atoms with E-state index in [0.717, 1.165) is 12.0 Å². The summed E-state index contributed by atoms with van der Waals surface area (Å²) in [6.07, 6.45) is 2.00. The van der Waals surface area contributed by atoms with E-state index in [1.54, 1.807) is 12.1 Å². The average Bonchev–Trinajstić information content (AvgIpc) is 2.57. The van der Waals surface area contributed by atoms with Crippen molar-refractivity contribution < 1.29 is 9.18 Å². The molecule has 1 saturated carbocycles. The van der Waals surface area contributed by atoms with E-state index in [4.69, 9.17) is 11.6 Å². The van der Waals surface area contributed by atoms with Crippen molar-refractivity contribution in [2.24, 2.45) is 0 Å². The number of halogens is 2. The highest BCUT2D eigenvalue weighted by Gasteiger charge is 2.23. The predicted octanol–water partition coefficient (Wildman–Crippen LogP) is 3.32. The van der Waals surface area contributed by atoms with E-state index in [1.165, 1.54) is 6.07 Å². The molecule has 1 aromatic rings. The quantitative estimate of drug-likeness (QED) is 0.698. The lowest BCUT2D eigenvalue weighted by Gasteiger charge is -2.08. The fraction of sp³-hybridized carbons (Fsp3) is 0.364. The van der Waals surface area contributed by atoms with Gasteiger partial charge in [-0.05, 0) is 30.0 Å². The first-order valence-corrected chi connectivity index (χ1v) is 5.01. The first-order chi connectivity index (χ1) is 6.66. The van der Waals surface area contributed by atoms with Gasteiger partial charge in [0.15, 0.2) is 0 Å². The van der Waals surface area contributed by atoms with Crippen molar-refractivity contribution in [3.8, 4) is 0 Å². The second-order valence-electron chi connectivity index (χ2n) is 3.65. The molecule has 1 aromatic carbocycles. The van der Waals surface area contributed by atoms with Gasteiger partial charge in [-0.3, -0.25) is 4.79 Å². The van der Waals surface area contributed by atoms with Crippen LogP contribution in [-0.4, -0.2) is 5.78 Å². The standard InChI is InChI=1S/C11H10ClFO/c12-10-4-2-8(6-11(10)13)7-1-3-9(14)5-7/h2,4,6-7H,1,3,5H2. The highest BCUT2D eigenvalue weighted by atomic mass is 35.5. The van der Waals surface area contributed by atoms with Gasteiger partial charge in [-0.15, -0.1) is 0 Å². The molecule has 1 atom stereocenters. The molecular formula is C11H10ClFO. The number of carbonyl (C=O) groups excluding carboxylic acids is 1. The van der Waals surface area contributed by atoms with E-state index in [0.29, 0.717) is 12.8 Å². The van der Waals surface area contributed by atoms with Gasteiger partial charge in [0.25, 0.3) is 0 Å². The van der Waals surface area contributed by atoms with Gasteiger partial charge >= 0.3 is 0 Å². The highest BCUT2D eigenvalue weighted by molar-refractivity contribution is 6.30. The molecule has 1 aliphatic carbocycles. The Morgan fingerprint density at radius 3 is 2.79 bits per heavy atom. The summed E-state index contributed by atoms with van der Waals surface area (Å²) in [4.78, 5) is 11.1. The normalized spacial score (nSPS) is 21.6. The summed E-state index contributed by atoms with van der Waals surface area (Å²) < 4.78 is 13.1. The van der Waals surface area contributed by atoms with E-state index in [9.17, 15) is 9.18 Å². The Hall–Kier alpha value is -0.890. The Bertz CT molecular complexity index is 376. The number of benzene rings is 1. The fourth-order valence-corrected chi connectivity index (χ4v) is 1.98. The lowest BCUT2D eigenvalue weighted by atomic mass is 9.98. The lowest BCUT2D eigenvalue weighted by Crippen LogP contribution is -1.95. The highest BCUT2D eigenvalue weighted by Crippen LogP contribution is 2.33. The van der Waals surface area contributed by atoms with Crippen LogP contribution in [0.2, 0.25) is 5.02 Å². The summed E-state index contributed by atoms with van der Waals surface area (Å²) in [5.41, 5.74) is 0.887. The molecule has 0 radical (unpaired) electrons. The lowest BCUT2D eigenvalue weighted by molar-refractivity contribution is -0.117. The molecule has 1 nitrogen and oxygen atoms in total. The van der Waals surface area contributed by atoms with Crippen LogP contribution in [0.3, 0.4) is 0 Å². The SMILES string of the molecule is O=C1CCC(c2ccc(Cl)c(F)c2)C1. The number of hydrogen-bond acceptors (Lipinski definition) is 1. The van der Waals surface area contributed by atoms with Gasteiger partial charge in [-0.2, -0.15) is 0 Å². The summed E-state index contributed by atoms with van der Waals surface area (Å²) in [7, 11) is 0. The van der Waals surface area contributed by atoms with E-state index >= 15 is 0 Å². The van der Waals surface area contributed by atoms with Crippen LogP contribution in [0, 0.1) is 5.82 Å². The maximum Gasteiger partial charge on any atom is 0.142 e. The number of ketones is 1. The van der Waals surface area contributed by atoms with Gasteiger partial charge in [0.1, 0.15) is 11.6 Å². The van der Waals surface area contributed by atoms with Crippen LogP contribution in [-0.2, 0) is 4.79 Å². The third kappa shape index (κ3) is 1.80. The van der Waals surface area contributed by atoms with Gasteiger partial charge in [0.05, 0.1) is 5.02 Å². The van der Waals surface area contributed by atoms with E-state index < -0.39 is 5.82 Å². The topological polar surface area (TPSA) is 17.1 Å². The molecule has 0 spiro atoms. The zero-order valence-corrected chi connectivity index (χ0v) is 8.35. The molecule has 0 heterocycles. The average molecular weight is 213 g/mol. The Morgan fingerprint density at radius 2 is 2.21 bits per heavy atom. The molecule has 0 bridgehead atoms. The van der Waals surface area contributed by atoms with Gasteiger partial charge in [-0.1, -0.05) is 17.7 Å². The number of rotatable bonds is 1. The number of carbonyl (C=O) groups is 1. The predicted molar refractivity (Wildman–Crippen MR) is 53.0 cm³/mol. The second kappa shape index (κ2) is 3.70. The van der Waals surface area contributed by atoms with Crippen molar-refractivity contribution in [3.05, 3.63) is 34.6 Å². The minimum absolute atomic E-state index is 0.137. The minimum atomic E-state index is -0.400. The Kier molecular flexibility index (Phi) is 2.55. The molecule has 0 N–H and O–H groups in total. The maximum absolute atomic E-state index is 13.1. The largest absolute Gasteiger partial charge is 0.300 e. The first kappa shape index (κ1) is 9.66. The first-order valence-electron chi connectivity index (χ1n) is 4.63. The second-order valence-corrected chi connectivity index (χ2v) is 4.06. The van der Waals surface area contributed by atoms with Gasteiger partial charge in [-0.25, -0.2) is 4.39 Å². The van der Waals surface area contributed by atoms with Crippen molar-refractivity contribution in [1.82, 2.24) is 0 Å². The molecule has 1 unspecified atom stereocenters. The molecule has 1 fully saturated rings. The van der Waals surface area contributed by atoms with Gasteiger partial charge in [0, 0.05) is 12.8 Å². The van der Waals surface area contributed by atoms with E-state index in [-0.39, 0.29) is 16.7 Å². The zero-order valence-electron chi connectivity index (χ0n) is 7.59. The molecule has 0 saturated heterocycles. The molecule has 74 valence electrons. The summed E-state index contributed by atoms with van der Waals surface area (Å²) in [5.74, 6) is 0.0585. The van der Waals surface area contributed by atoms with Crippen molar-refractivity contribution in [1.29, 1.82) is 0 Å². The van der Waals surface area contributed by atoms with Crippen LogP contribution >= 0.6 is 11.6 Å². The van der Waals surface area contributed by atoms with Crippen LogP contribution in [0.1, 0.15) is 30.7 Å². The Morgan fingerprint density at radius 1 is 1.43 bits per heavy atom. The molecule has 0 aromatic heterocycles. The minimum Gasteiger partial charge on any atom is -0.300 e. The molecule has 1 aliphatic rings. The summed E-state index contributed by atoms with van der Waals surface area (Å²) in [5, 5.41) is 0.137. The van der Waals surface area contributed by atoms with Crippen LogP contribution in [0.15, 0.2) is 18.2 Å². The van der Waals surface area contributed by atoms with Crippen LogP contribution in [0.4, 0.5) is 4.39 Å². The molecule has 3 heteroatoms. The summed E-state index contributed by atoms with van der Waals surface area (Å²) in [6, 6.07) is 4.79. The molecular weight excluding hydrogens is 203 g/mol. The van der Waals surface area contributed by atoms with Crippen molar-refractivity contribution in [2.75, 3.05) is 0 Å². The summed E-state index contributed by atoms with van der Waals surface area (Å²) >= 11 is 5.57. The Balaban J connectivity index is 2.24. The maximum atomic E-state index is 13.1. The van der Waals surface area contributed by atoms with Gasteiger partial charge < -0.3 is 0 Å². The van der Waals surface area contributed by atoms with Crippen LogP contribution < -0.4 is 0 Å². The van der Waals surface area contributed by atoms with Crippen molar-refractivity contribution in [3.63, 3.8) is 0 Å². The smallest absolute Gasteiger partial charge is 0.142 e. The number of Topliss-reactive ketones (excluding diaryl/α,β-unsaturated/α-hetero) is 1. The van der Waals surface area contributed by atoms with Crippen molar-refractivity contribution >= 4 is 17.4 Å². The fourth-order valence-electron chi connectivity index (χ4n) is 1.86. The van der Waals surface area contributed by atoms with Gasteiger partial charge in [0.2, 0.25) is 0 Å². The van der Waals surface area contributed by atoms with E-state index in [2.05, 4.69) is 0 Å². The third-order valence-electron chi connectivity index (χ3n) is 2.66. The molecule has 2 rings (SSSR count).